The summed E-state index contributed by atoms with van der Waals surface area (Å²) in [6.45, 7) is 2.61. The van der Waals surface area contributed by atoms with E-state index in [1.807, 2.05) is 4.90 Å². The maximum Gasteiger partial charge on any atom is 0.257 e. The molecule has 1 aromatic heterocycles. The van der Waals surface area contributed by atoms with Crippen molar-refractivity contribution >= 4 is 21.6 Å². The molecule has 1 atom stereocenters. The fourth-order valence-corrected chi connectivity index (χ4v) is 4.80. The van der Waals surface area contributed by atoms with Gasteiger partial charge >= 0.3 is 0 Å². The predicted molar refractivity (Wildman–Crippen MR) is 86.4 cm³/mol. The van der Waals surface area contributed by atoms with Crippen molar-refractivity contribution in [1.82, 2.24) is 9.88 Å². The summed E-state index contributed by atoms with van der Waals surface area (Å²) in [7, 11) is -1.35. The summed E-state index contributed by atoms with van der Waals surface area (Å²) < 4.78 is 28.6. The van der Waals surface area contributed by atoms with Gasteiger partial charge < -0.3 is 14.5 Å². The van der Waals surface area contributed by atoms with Crippen molar-refractivity contribution in [1.29, 1.82) is 0 Å². The van der Waals surface area contributed by atoms with Gasteiger partial charge in [0.15, 0.2) is 9.84 Å². The Kier molecular flexibility index (Phi) is 4.54. The van der Waals surface area contributed by atoms with E-state index in [0.29, 0.717) is 44.1 Å². The van der Waals surface area contributed by atoms with Crippen LogP contribution >= 0.6 is 0 Å². The molecule has 0 radical (unpaired) electrons. The van der Waals surface area contributed by atoms with Gasteiger partial charge in [-0.3, -0.25) is 4.79 Å². The van der Waals surface area contributed by atoms with Gasteiger partial charge in [0, 0.05) is 32.4 Å². The minimum Gasteiger partial charge on any atom is -0.378 e. The first kappa shape index (κ1) is 16.2. The van der Waals surface area contributed by atoms with Crippen molar-refractivity contribution in [2.24, 2.45) is 0 Å². The molecule has 0 bridgehead atoms. The minimum absolute atomic E-state index is 0.0440. The topological polar surface area (TPSA) is 79.8 Å². The summed E-state index contributed by atoms with van der Waals surface area (Å²) in [4.78, 5) is 20.8. The lowest BCUT2D eigenvalue weighted by Gasteiger charge is -2.30. The van der Waals surface area contributed by atoms with E-state index in [1.54, 1.807) is 30.3 Å². The number of carbonyl (C=O) groups excluding carboxylic acids is 1. The number of nitrogens with zero attached hydrogens (tertiary/aromatic N) is 3. The van der Waals surface area contributed by atoms with Crippen molar-refractivity contribution in [3.05, 3.63) is 23.9 Å². The number of morpholine rings is 1. The molecule has 2 fully saturated rings. The Labute approximate surface area is 136 Å². The van der Waals surface area contributed by atoms with E-state index in [1.165, 1.54) is 0 Å². The normalized spacial score (nSPS) is 23.7. The van der Waals surface area contributed by atoms with Gasteiger partial charge in [0.05, 0.1) is 30.3 Å². The van der Waals surface area contributed by atoms with Crippen LogP contribution in [0.1, 0.15) is 16.8 Å². The van der Waals surface area contributed by atoms with Gasteiger partial charge in [-0.05, 0) is 18.6 Å². The average molecular weight is 339 g/mol. The number of sulfone groups is 1. The van der Waals surface area contributed by atoms with E-state index < -0.39 is 9.84 Å². The average Bonchev–Trinajstić information content (AvgIpc) is 2.94. The van der Waals surface area contributed by atoms with E-state index in [9.17, 15) is 13.2 Å². The quantitative estimate of drug-likeness (QED) is 0.781. The zero-order valence-corrected chi connectivity index (χ0v) is 14.0. The maximum absolute atomic E-state index is 12.8. The van der Waals surface area contributed by atoms with Gasteiger partial charge in [-0.25, -0.2) is 13.4 Å². The van der Waals surface area contributed by atoms with Crippen LogP contribution in [0.4, 0.5) is 5.82 Å². The standard InChI is InChI=1S/C15H21N3O4S/c1-17(12-4-10-23(20,21)11-12)15(19)13-3-2-5-16-14(13)18-6-8-22-9-7-18/h2-3,5,12H,4,6-11H2,1H3. The van der Waals surface area contributed by atoms with E-state index in [0.717, 1.165) is 0 Å². The van der Waals surface area contributed by atoms with Crippen molar-refractivity contribution < 1.29 is 17.9 Å². The van der Waals surface area contributed by atoms with Crippen molar-refractivity contribution in [3.8, 4) is 0 Å². The second-order valence-electron chi connectivity index (χ2n) is 5.95. The van der Waals surface area contributed by atoms with Gasteiger partial charge in [0.25, 0.3) is 5.91 Å². The first-order chi connectivity index (χ1) is 11.0. The van der Waals surface area contributed by atoms with Crippen LogP contribution in [-0.4, -0.2) is 75.1 Å². The Hall–Kier alpha value is -1.67. The molecular formula is C15H21N3O4S. The van der Waals surface area contributed by atoms with Gasteiger partial charge in [-0.1, -0.05) is 0 Å². The third-order valence-corrected chi connectivity index (χ3v) is 6.15. The second kappa shape index (κ2) is 6.45. The zero-order valence-electron chi connectivity index (χ0n) is 13.1. The summed E-state index contributed by atoms with van der Waals surface area (Å²) >= 11 is 0. The van der Waals surface area contributed by atoms with E-state index in [2.05, 4.69) is 4.98 Å². The molecular weight excluding hydrogens is 318 g/mol. The van der Waals surface area contributed by atoms with Crippen LogP contribution < -0.4 is 4.90 Å². The summed E-state index contributed by atoms with van der Waals surface area (Å²) in [5.74, 6) is 0.663. The molecule has 3 rings (SSSR count). The lowest BCUT2D eigenvalue weighted by atomic mass is 10.1. The summed E-state index contributed by atoms with van der Waals surface area (Å²) in [5.41, 5.74) is 0.515. The monoisotopic (exact) mass is 339 g/mol. The van der Waals surface area contributed by atoms with Crippen LogP contribution in [0.3, 0.4) is 0 Å². The van der Waals surface area contributed by atoms with Gasteiger partial charge in [-0.2, -0.15) is 0 Å². The number of hydrogen-bond donors (Lipinski definition) is 0. The highest BCUT2D eigenvalue weighted by atomic mass is 32.2. The third kappa shape index (κ3) is 3.48. The van der Waals surface area contributed by atoms with Crippen LogP contribution in [0.15, 0.2) is 18.3 Å². The molecule has 2 aliphatic heterocycles. The largest absolute Gasteiger partial charge is 0.378 e. The highest BCUT2D eigenvalue weighted by molar-refractivity contribution is 7.91. The number of aromatic nitrogens is 1. The number of hydrogen-bond acceptors (Lipinski definition) is 6. The fourth-order valence-electron chi connectivity index (χ4n) is 3.03. The molecule has 0 aliphatic carbocycles. The first-order valence-corrected chi connectivity index (χ1v) is 9.55. The van der Waals surface area contributed by atoms with E-state index >= 15 is 0 Å². The molecule has 2 aliphatic rings. The molecule has 126 valence electrons. The molecule has 7 nitrogen and oxygen atoms in total. The number of amides is 1. The predicted octanol–water partition coefficient (Wildman–Crippen LogP) is 0.177. The second-order valence-corrected chi connectivity index (χ2v) is 8.18. The molecule has 0 N–H and O–H groups in total. The molecule has 3 heterocycles. The number of pyridine rings is 1. The number of ether oxygens (including phenoxy) is 1. The third-order valence-electron chi connectivity index (χ3n) is 4.40. The lowest BCUT2D eigenvalue weighted by molar-refractivity contribution is 0.0746. The summed E-state index contributed by atoms with van der Waals surface area (Å²) in [6.07, 6.45) is 2.17. The first-order valence-electron chi connectivity index (χ1n) is 7.73. The smallest absolute Gasteiger partial charge is 0.257 e. The Bertz CT molecular complexity index is 686. The van der Waals surface area contributed by atoms with Crippen LogP contribution in [0, 0.1) is 0 Å². The Balaban J connectivity index is 1.82. The van der Waals surface area contributed by atoms with Crippen LogP contribution in [0.25, 0.3) is 0 Å². The Morgan fingerprint density at radius 1 is 1.39 bits per heavy atom. The number of rotatable bonds is 3. The molecule has 0 aromatic carbocycles. The van der Waals surface area contributed by atoms with Gasteiger partial charge in [0.2, 0.25) is 0 Å². The highest BCUT2D eigenvalue weighted by Gasteiger charge is 2.34. The van der Waals surface area contributed by atoms with Crippen molar-refractivity contribution in [3.63, 3.8) is 0 Å². The van der Waals surface area contributed by atoms with E-state index in [-0.39, 0.29) is 23.5 Å². The Morgan fingerprint density at radius 3 is 2.78 bits per heavy atom. The number of carbonyl (C=O) groups is 1. The van der Waals surface area contributed by atoms with Crippen LogP contribution in [0.5, 0.6) is 0 Å². The molecule has 23 heavy (non-hydrogen) atoms. The molecule has 0 saturated carbocycles. The molecule has 8 heteroatoms. The van der Waals surface area contributed by atoms with Gasteiger partial charge in [0.1, 0.15) is 5.82 Å². The molecule has 0 spiro atoms. The maximum atomic E-state index is 12.8. The molecule has 2 saturated heterocycles. The zero-order chi connectivity index (χ0) is 16.4. The minimum atomic E-state index is -3.02. The molecule has 1 amide bonds. The van der Waals surface area contributed by atoms with Crippen molar-refractivity contribution in [2.45, 2.75) is 12.5 Å². The van der Waals surface area contributed by atoms with Gasteiger partial charge in [-0.15, -0.1) is 0 Å². The number of anilines is 1. The SMILES string of the molecule is CN(C(=O)c1cccnc1N1CCOCC1)C1CCS(=O)(=O)C1. The van der Waals surface area contributed by atoms with Crippen molar-refractivity contribution in [2.75, 3.05) is 49.8 Å². The fraction of sp³-hybridized carbons (Fsp3) is 0.600. The molecule has 1 unspecified atom stereocenters. The van der Waals surface area contributed by atoms with Crippen LogP contribution in [-0.2, 0) is 14.6 Å². The summed E-state index contributed by atoms with van der Waals surface area (Å²) in [6, 6.07) is 3.22. The lowest BCUT2D eigenvalue weighted by Crippen LogP contribution is -2.41. The summed E-state index contributed by atoms with van der Waals surface area (Å²) in [5, 5.41) is 0. The van der Waals surface area contributed by atoms with Crippen LogP contribution in [0.2, 0.25) is 0 Å². The molecule has 1 aromatic rings. The highest BCUT2D eigenvalue weighted by Crippen LogP contribution is 2.23. The van der Waals surface area contributed by atoms with E-state index in [4.69, 9.17) is 4.74 Å². The Morgan fingerprint density at radius 2 is 2.13 bits per heavy atom.